The third-order valence-electron chi connectivity index (χ3n) is 2.85. The minimum atomic E-state index is -0.267. The summed E-state index contributed by atoms with van der Waals surface area (Å²) in [5.74, 6) is 1.02. The summed E-state index contributed by atoms with van der Waals surface area (Å²) in [6.07, 6.45) is 0.413. The van der Waals surface area contributed by atoms with Gasteiger partial charge >= 0.3 is 0 Å². The fraction of sp³-hybridized carbons (Fsp3) is 0.688. The van der Waals surface area contributed by atoms with Crippen LogP contribution in [0.1, 0.15) is 46.8 Å². The van der Waals surface area contributed by atoms with Crippen LogP contribution in [0, 0.1) is 18.3 Å². The van der Waals surface area contributed by atoms with Gasteiger partial charge in [0.25, 0.3) is 0 Å². The van der Waals surface area contributed by atoms with Crippen molar-refractivity contribution in [2.45, 2.75) is 48.0 Å². The van der Waals surface area contributed by atoms with Crippen LogP contribution in [0.25, 0.3) is 0 Å². The highest BCUT2D eigenvalue weighted by molar-refractivity contribution is 5.93. The topological polar surface area (TPSA) is 75.4 Å². The van der Waals surface area contributed by atoms with Crippen molar-refractivity contribution in [2.75, 3.05) is 18.4 Å². The number of amides is 2. The van der Waals surface area contributed by atoms with Gasteiger partial charge < -0.3 is 14.7 Å². The molecule has 0 fully saturated rings. The number of nitrogens with one attached hydrogen (secondary N) is 1. The zero-order chi connectivity index (χ0) is 16.9. The van der Waals surface area contributed by atoms with Gasteiger partial charge in [0.05, 0.1) is 6.54 Å². The standard InChI is InChI=1S/C16H27N3O3/c1-11(2)9-19(15(21)8-16(4,5)6)10-14(20)17-13-7-12(3)22-18-13/h7,11H,8-10H2,1-6H3,(H,17,18,20). The van der Waals surface area contributed by atoms with Gasteiger partial charge in [-0.3, -0.25) is 9.59 Å². The first kappa shape index (κ1) is 18.2. The smallest absolute Gasteiger partial charge is 0.245 e. The summed E-state index contributed by atoms with van der Waals surface area (Å²) in [5.41, 5.74) is -0.105. The van der Waals surface area contributed by atoms with E-state index in [2.05, 4.69) is 10.5 Å². The molecule has 0 radical (unpaired) electrons. The molecule has 1 aromatic heterocycles. The minimum absolute atomic E-state index is 0.00677. The van der Waals surface area contributed by atoms with Crippen LogP contribution in [0.3, 0.4) is 0 Å². The first-order valence-electron chi connectivity index (χ1n) is 7.58. The van der Waals surface area contributed by atoms with Crippen LogP contribution in [-0.2, 0) is 9.59 Å². The maximum absolute atomic E-state index is 12.4. The fourth-order valence-corrected chi connectivity index (χ4v) is 2.04. The molecule has 1 rings (SSSR count). The summed E-state index contributed by atoms with van der Waals surface area (Å²) in [5, 5.41) is 6.36. The first-order chi connectivity index (χ1) is 10.1. The van der Waals surface area contributed by atoms with Gasteiger partial charge in [0.2, 0.25) is 11.8 Å². The zero-order valence-electron chi connectivity index (χ0n) is 14.4. The Balaban J connectivity index is 2.67. The van der Waals surface area contributed by atoms with Crippen LogP contribution in [0.5, 0.6) is 0 Å². The number of rotatable bonds is 6. The van der Waals surface area contributed by atoms with Crippen LogP contribution in [0.2, 0.25) is 0 Å². The van der Waals surface area contributed by atoms with Gasteiger partial charge in [-0.1, -0.05) is 39.8 Å². The lowest BCUT2D eigenvalue weighted by atomic mass is 9.91. The average Bonchev–Trinajstić information content (AvgIpc) is 2.70. The molecule has 0 bridgehead atoms. The van der Waals surface area contributed by atoms with Crippen LogP contribution in [-0.4, -0.2) is 35.0 Å². The van der Waals surface area contributed by atoms with Crippen molar-refractivity contribution in [1.29, 1.82) is 0 Å². The van der Waals surface area contributed by atoms with Crippen molar-refractivity contribution < 1.29 is 14.1 Å². The van der Waals surface area contributed by atoms with E-state index in [1.54, 1.807) is 17.9 Å². The number of nitrogens with zero attached hydrogens (tertiary/aromatic N) is 2. The maximum Gasteiger partial charge on any atom is 0.245 e. The van der Waals surface area contributed by atoms with E-state index in [-0.39, 0.29) is 23.8 Å². The highest BCUT2D eigenvalue weighted by atomic mass is 16.5. The molecule has 0 saturated carbocycles. The van der Waals surface area contributed by atoms with Crippen LogP contribution in [0.15, 0.2) is 10.6 Å². The normalized spacial score (nSPS) is 11.6. The Morgan fingerprint density at radius 1 is 1.36 bits per heavy atom. The zero-order valence-corrected chi connectivity index (χ0v) is 14.4. The molecular formula is C16H27N3O3. The van der Waals surface area contributed by atoms with Crippen molar-refractivity contribution in [3.63, 3.8) is 0 Å². The van der Waals surface area contributed by atoms with Gasteiger partial charge in [0.1, 0.15) is 5.76 Å². The monoisotopic (exact) mass is 309 g/mol. The van der Waals surface area contributed by atoms with E-state index in [4.69, 9.17) is 4.52 Å². The molecule has 1 N–H and O–H groups in total. The molecule has 0 saturated heterocycles. The maximum atomic E-state index is 12.4. The van der Waals surface area contributed by atoms with E-state index in [1.165, 1.54) is 0 Å². The number of anilines is 1. The number of aromatic nitrogens is 1. The largest absolute Gasteiger partial charge is 0.360 e. The molecule has 6 heteroatoms. The van der Waals surface area contributed by atoms with Gasteiger partial charge in [-0.05, 0) is 18.3 Å². The van der Waals surface area contributed by atoms with Gasteiger partial charge in [-0.2, -0.15) is 0 Å². The second-order valence-electron chi connectivity index (χ2n) is 7.28. The number of hydrogen-bond acceptors (Lipinski definition) is 4. The summed E-state index contributed by atoms with van der Waals surface area (Å²) < 4.78 is 4.90. The quantitative estimate of drug-likeness (QED) is 0.876. The first-order valence-corrected chi connectivity index (χ1v) is 7.58. The Morgan fingerprint density at radius 3 is 2.45 bits per heavy atom. The van der Waals surface area contributed by atoms with Crippen LogP contribution < -0.4 is 5.32 Å². The molecule has 0 aliphatic carbocycles. The van der Waals surface area contributed by atoms with Gasteiger partial charge in [-0.25, -0.2) is 0 Å². The molecule has 0 unspecified atom stereocenters. The number of carbonyl (C=O) groups excluding carboxylic acids is 2. The van der Waals surface area contributed by atoms with Gasteiger partial charge in [-0.15, -0.1) is 0 Å². The SMILES string of the molecule is Cc1cc(NC(=O)CN(CC(C)C)C(=O)CC(C)(C)C)no1. The number of carbonyl (C=O) groups is 2. The second-order valence-corrected chi connectivity index (χ2v) is 7.28. The summed E-state index contributed by atoms with van der Waals surface area (Å²) in [6, 6.07) is 1.64. The molecule has 0 aromatic carbocycles. The molecule has 0 aliphatic heterocycles. The third-order valence-corrected chi connectivity index (χ3v) is 2.85. The summed E-state index contributed by atoms with van der Waals surface area (Å²) in [6.45, 7) is 12.4. The van der Waals surface area contributed by atoms with E-state index in [1.807, 2.05) is 34.6 Å². The fourth-order valence-electron chi connectivity index (χ4n) is 2.04. The lowest BCUT2D eigenvalue weighted by molar-refractivity contribution is -0.136. The number of hydrogen-bond donors (Lipinski definition) is 1. The van der Waals surface area contributed by atoms with Crippen molar-refractivity contribution in [3.05, 3.63) is 11.8 Å². The van der Waals surface area contributed by atoms with Crippen molar-refractivity contribution in [3.8, 4) is 0 Å². The van der Waals surface area contributed by atoms with Crippen LogP contribution >= 0.6 is 0 Å². The molecule has 6 nitrogen and oxygen atoms in total. The summed E-state index contributed by atoms with van der Waals surface area (Å²) >= 11 is 0. The van der Waals surface area contributed by atoms with E-state index in [9.17, 15) is 9.59 Å². The summed E-state index contributed by atoms with van der Waals surface area (Å²) in [4.78, 5) is 26.1. The molecule has 0 spiro atoms. The predicted molar refractivity (Wildman–Crippen MR) is 85.4 cm³/mol. The molecule has 2 amide bonds. The molecule has 1 aromatic rings. The highest BCUT2D eigenvalue weighted by Gasteiger charge is 2.23. The molecule has 124 valence electrons. The average molecular weight is 309 g/mol. The van der Waals surface area contributed by atoms with Gasteiger partial charge in [0.15, 0.2) is 5.82 Å². The number of aryl methyl sites for hydroxylation is 1. The highest BCUT2D eigenvalue weighted by Crippen LogP contribution is 2.20. The van der Waals surface area contributed by atoms with E-state index in [0.717, 1.165) is 0 Å². The van der Waals surface area contributed by atoms with Crippen molar-refractivity contribution in [2.24, 2.45) is 11.3 Å². The van der Waals surface area contributed by atoms with E-state index in [0.29, 0.717) is 30.5 Å². The Hall–Kier alpha value is -1.85. The summed E-state index contributed by atoms with van der Waals surface area (Å²) in [7, 11) is 0. The van der Waals surface area contributed by atoms with Crippen molar-refractivity contribution >= 4 is 17.6 Å². The molecule has 0 atom stereocenters. The Bertz CT molecular complexity index is 515. The molecular weight excluding hydrogens is 282 g/mol. The molecule has 0 aliphatic rings. The lowest BCUT2D eigenvalue weighted by Crippen LogP contribution is -2.41. The Labute approximate surface area is 132 Å². The Morgan fingerprint density at radius 2 is 2.00 bits per heavy atom. The van der Waals surface area contributed by atoms with E-state index >= 15 is 0 Å². The minimum Gasteiger partial charge on any atom is -0.360 e. The van der Waals surface area contributed by atoms with Crippen molar-refractivity contribution in [1.82, 2.24) is 10.1 Å². The van der Waals surface area contributed by atoms with Crippen LogP contribution in [0.4, 0.5) is 5.82 Å². The van der Waals surface area contributed by atoms with Gasteiger partial charge in [0, 0.05) is 19.0 Å². The Kier molecular flexibility index (Phi) is 6.14. The lowest BCUT2D eigenvalue weighted by Gasteiger charge is -2.27. The predicted octanol–water partition coefficient (Wildman–Crippen LogP) is 2.84. The third kappa shape index (κ3) is 6.74. The molecule has 22 heavy (non-hydrogen) atoms. The van der Waals surface area contributed by atoms with E-state index < -0.39 is 0 Å². The second kappa shape index (κ2) is 7.42. The molecule has 1 heterocycles.